The summed E-state index contributed by atoms with van der Waals surface area (Å²) in [5.41, 5.74) is 17.8. The molecule has 1 aromatic rings. The molecule has 1 unspecified atom stereocenters. The molecule has 6 nitrogen and oxygen atoms in total. The van der Waals surface area contributed by atoms with Crippen LogP contribution >= 0.6 is 0 Å². The van der Waals surface area contributed by atoms with E-state index in [2.05, 4.69) is 0 Å². The summed E-state index contributed by atoms with van der Waals surface area (Å²) in [5, 5.41) is 0. The Morgan fingerprint density at radius 1 is 1.26 bits per heavy atom. The molecule has 2 rings (SSSR count). The van der Waals surface area contributed by atoms with Gasteiger partial charge in [-0.15, -0.1) is 0 Å². The molecule has 1 atom stereocenters. The fourth-order valence-corrected chi connectivity index (χ4v) is 2.40. The number of nitrogens with two attached hydrogens (primary N) is 3. The average Bonchev–Trinajstić information content (AvgIpc) is 2.39. The van der Waals surface area contributed by atoms with Crippen molar-refractivity contribution in [1.29, 1.82) is 0 Å². The van der Waals surface area contributed by atoms with Crippen LogP contribution in [0.4, 0.5) is 11.4 Å². The minimum Gasteiger partial charge on any atom is -0.398 e. The zero-order valence-corrected chi connectivity index (χ0v) is 10.6. The van der Waals surface area contributed by atoms with Crippen LogP contribution in [0, 0.1) is 5.92 Å². The van der Waals surface area contributed by atoms with Gasteiger partial charge in [0.05, 0.1) is 11.5 Å². The minimum atomic E-state index is -0.553. The zero-order chi connectivity index (χ0) is 14.0. The number of benzene rings is 1. The molecule has 0 saturated carbocycles. The van der Waals surface area contributed by atoms with Gasteiger partial charge in [0.2, 0.25) is 5.91 Å². The number of nitrogen functional groups attached to an aromatic ring is 1. The molecule has 0 bridgehead atoms. The number of piperidine rings is 1. The van der Waals surface area contributed by atoms with E-state index in [0.717, 1.165) is 25.1 Å². The van der Waals surface area contributed by atoms with Gasteiger partial charge in [-0.3, -0.25) is 9.59 Å². The van der Waals surface area contributed by atoms with E-state index in [0.29, 0.717) is 17.8 Å². The molecule has 102 valence electrons. The second-order valence-electron chi connectivity index (χ2n) is 4.82. The van der Waals surface area contributed by atoms with Crippen LogP contribution in [-0.2, 0) is 4.79 Å². The molecule has 6 heteroatoms. The quantitative estimate of drug-likeness (QED) is 0.668. The topological polar surface area (TPSA) is 115 Å². The number of hydrogen-bond donors (Lipinski definition) is 3. The van der Waals surface area contributed by atoms with E-state index < -0.39 is 5.91 Å². The molecule has 0 radical (unpaired) electrons. The first-order valence-electron chi connectivity index (χ1n) is 6.22. The third kappa shape index (κ3) is 2.78. The maximum absolute atomic E-state index is 11.3. The zero-order valence-electron chi connectivity index (χ0n) is 10.6. The minimum absolute atomic E-state index is 0.150. The molecule has 1 aliphatic heterocycles. The van der Waals surface area contributed by atoms with E-state index >= 15 is 0 Å². The third-order valence-corrected chi connectivity index (χ3v) is 3.49. The van der Waals surface area contributed by atoms with Crippen molar-refractivity contribution >= 4 is 23.2 Å². The molecule has 0 spiro atoms. The molecule has 1 aromatic carbocycles. The summed E-state index contributed by atoms with van der Waals surface area (Å²) in [5.74, 6) is -0.985. The molecule has 1 fully saturated rings. The predicted octanol–water partition coefficient (Wildman–Crippen LogP) is 0.0694. The molecule has 0 aromatic heterocycles. The smallest absolute Gasteiger partial charge is 0.250 e. The first-order chi connectivity index (χ1) is 8.99. The van der Waals surface area contributed by atoms with E-state index in [4.69, 9.17) is 17.2 Å². The number of amides is 2. The Morgan fingerprint density at radius 3 is 2.63 bits per heavy atom. The molecule has 1 aliphatic rings. The predicted molar refractivity (Wildman–Crippen MR) is 73.5 cm³/mol. The third-order valence-electron chi connectivity index (χ3n) is 3.49. The normalized spacial score (nSPS) is 19.2. The van der Waals surface area contributed by atoms with Gasteiger partial charge in [-0.05, 0) is 31.0 Å². The Bertz CT molecular complexity index is 515. The Labute approximate surface area is 111 Å². The van der Waals surface area contributed by atoms with Gasteiger partial charge in [0.1, 0.15) is 0 Å². The molecular weight excluding hydrogens is 244 g/mol. The number of hydrogen-bond acceptors (Lipinski definition) is 4. The van der Waals surface area contributed by atoms with Crippen LogP contribution in [0.3, 0.4) is 0 Å². The summed E-state index contributed by atoms with van der Waals surface area (Å²) in [6.45, 7) is 1.39. The first kappa shape index (κ1) is 13.2. The fourth-order valence-electron chi connectivity index (χ4n) is 2.40. The summed E-state index contributed by atoms with van der Waals surface area (Å²) >= 11 is 0. The number of carbonyl (C=O) groups excluding carboxylic acids is 2. The van der Waals surface area contributed by atoms with Crippen molar-refractivity contribution in [3.8, 4) is 0 Å². The molecule has 19 heavy (non-hydrogen) atoms. The largest absolute Gasteiger partial charge is 0.398 e. The molecule has 0 aliphatic carbocycles. The van der Waals surface area contributed by atoms with Crippen molar-refractivity contribution in [1.82, 2.24) is 0 Å². The average molecular weight is 262 g/mol. The van der Waals surface area contributed by atoms with Crippen molar-refractivity contribution < 1.29 is 9.59 Å². The Hall–Kier alpha value is -2.24. The Balaban J connectivity index is 2.24. The molecule has 1 heterocycles. The van der Waals surface area contributed by atoms with Crippen molar-refractivity contribution in [2.75, 3.05) is 23.7 Å². The standard InChI is InChI=1S/C13H18N4O2/c14-11-4-3-9(6-10(11)13(16)19)17-5-1-2-8(7-17)12(15)18/h3-4,6,8H,1-2,5,7,14H2,(H2,15,18)(H2,16,19). The van der Waals surface area contributed by atoms with Gasteiger partial charge in [-0.1, -0.05) is 0 Å². The van der Waals surface area contributed by atoms with Gasteiger partial charge in [0.15, 0.2) is 0 Å². The van der Waals surface area contributed by atoms with Crippen LogP contribution in [0.15, 0.2) is 18.2 Å². The maximum atomic E-state index is 11.3. The van der Waals surface area contributed by atoms with Gasteiger partial charge < -0.3 is 22.1 Å². The Morgan fingerprint density at radius 2 is 2.00 bits per heavy atom. The van der Waals surface area contributed by atoms with Crippen molar-refractivity contribution in [3.05, 3.63) is 23.8 Å². The molecule has 6 N–H and O–H groups in total. The fraction of sp³-hybridized carbons (Fsp3) is 0.385. The highest BCUT2D eigenvalue weighted by atomic mass is 16.1. The van der Waals surface area contributed by atoms with Crippen molar-refractivity contribution in [2.45, 2.75) is 12.8 Å². The highest BCUT2D eigenvalue weighted by Gasteiger charge is 2.24. The van der Waals surface area contributed by atoms with Crippen LogP contribution in [0.25, 0.3) is 0 Å². The van der Waals surface area contributed by atoms with E-state index in [1.165, 1.54) is 0 Å². The van der Waals surface area contributed by atoms with Crippen molar-refractivity contribution in [2.24, 2.45) is 17.4 Å². The number of carbonyl (C=O) groups is 2. The highest BCUT2D eigenvalue weighted by Crippen LogP contribution is 2.26. The van der Waals surface area contributed by atoms with Crippen LogP contribution in [-0.4, -0.2) is 24.9 Å². The summed E-state index contributed by atoms with van der Waals surface area (Å²) in [6.07, 6.45) is 1.70. The molecule has 2 amide bonds. The summed E-state index contributed by atoms with van der Waals surface area (Å²) < 4.78 is 0. The lowest BCUT2D eigenvalue weighted by atomic mass is 9.96. The lowest BCUT2D eigenvalue weighted by molar-refractivity contribution is -0.122. The number of anilines is 2. The monoisotopic (exact) mass is 262 g/mol. The van der Waals surface area contributed by atoms with Gasteiger partial charge in [0.25, 0.3) is 5.91 Å². The maximum Gasteiger partial charge on any atom is 0.250 e. The van der Waals surface area contributed by atoms with E-state index in [1.54, 1.807) is 12.1 Å². The lowest BCUT2D eigenvalue weighted by Crippen LogP contribution is -2.41. The summed E-state index contributed by atoms with van der Waals surface area (Å²) in [6, 6.07) is 5.15. The first-order valence-corrected chi connectivity index (χ1v) is 6.22. The van der Waals surface area contributed by atoms with Crippen LogP contribution in [0.5, 0.6) is 0 Å². The van der Waals surface area contributed by atoms with Crippen LogP contribution in [0.2, 0.25) is 0 Å². The van der Waals surface area contributed by atoms with Crippen LogP contribution in [0.1, 0.15) is 23.2 Å². The number of nitrogens with zero attached hydrogens (tertiary/aromatic N) is 1. The molecular formula is C13H18N4O2. The summed E-state index contributed by atoms with van der Waals surface area (Å²) in [4.78, 5) is 24.6. The van der Waals surface area contributed by atoms with Gasteiger partial charge in [-0.2, -0.15) is 0 Å². The van der Waals surface area contributed by atoms with E-state index in [1.807, 2.05) is 11.0 Å². The van der Waals surface area contributed by atoms with Gasteiger partial charge in [0, 0.05) is 24.5 Å². The van der Waals surface area contributed by atoms with E-state index in [9.17, 15) is 9.59 Å². The lowest BCUT2D eigenvalue weighted by Gasteiger charge is -2.33. The SMILES string of the molecule is NC(=O)c1cc(N2CCCC(C(N)=O)C2)ccc1N. The second-order valence-corrected chi connectivity index (χ2v) is 4.82. The molecule has 1 saturated heterocycles. The summed E-state index contributed by atoms with van der Waals surface area (Å²) in [7, 11) is 0. The Kier molecular flexibility index (Phi) is 3.59. The van der Waals surface area contributed by atoms with Gasteiger partial charge in [-0.25, -0.2) is 0 Å². The number of rotatable bonds is 3. The van der Waals surface area contributed by atoms with Crippen molar-refractivity contribution in [3.63, 3.8) is 0 Å². The van der Waals surface area contributed by atoms with Crippen LogP contribution < -0.4 is 22.1 Å². The second kappa shape index (κ2) is 5.17. The van der Waals surface area contributed by atoms with E-state index in [-0.39, 0.29) is 11.8 Å². The van der Waals surface area contributed by atoms with Gasteiger partial charge >= 0.3 is 0 Å². The number of primary amides is 2. The highest BCUT2D eigenvalue weighted by molar-refractivity contribution is 5.99.